The van der Waals surface area contributed by atoms with E-state index in [1.165, 1.54) is 11.1 Å². The summed E-state index contributed by atoms with van der Waals surface area (Å²) < 4.78 is 0. The summed E-state index contributed by atoms with van der Waals surface area (Å²) in [4.78, 5) is 16.7. The van der Waals surface area contributed by atoms with E-state index < -0.39 is 0 Å². The second-order valence-electron chi connectivity index (χ2n) is 2.94. The van der Waals surface area contributed by atoms with Crippen LogP contribution in [0.5, 0.6) is 0 Å². The summed E-state index contributed by atoms with van der Waals surface area (Å²) in [5, 5.41) is 10.8. The Balaban J connectivity index is 0. The van der Waals surface area contributed by atoms with Crippen molar-refractivity contribution in [2.75, 3.05) is 0 Å². The van der Waals surface area contributed by atoms with E-state index in [9.17, 15) is 0 Å². The number of isocyanates is 2. The van der Waals surface area contributed by atoms with Crippen LogP contribution in [0.4, 0.5) is 0 Å². The molecule has 0 aromatic heterocycles. The molecule has 0 atom stereocenters. The molecule has 0 aliphatic rings. The van der Waals surface area contributed by atoms with Crippen LogP contribution in [-0.2, 0) is 9.59 Å². The number of carbonyl (C=O) groups excluding carboxylic acids is 2. The molecule has 0 radical (unpaired) electrons. The number of rotatable bonds is 1. The zero-order valence-corrected chi connectivity index (χ0v) is 11.0. The van der Waals surface area contributed by atoms with E-state index in [1.54, 1.807) is 0 Å². The molecule has 0 spiro atoms. The largest absolute Gasteiger partial charge is 0.231 e. The molecule has 0 fully saturated rings. The molecule has 102 valence electrons. The first-order valence-corrected chi connectivity index (χ1v) is 5.48. The zero-order valence-electron chi connectivity index (χ0n) is 11.0. The summed E-state index contributed by atoms with van der Waals surface area (Å²) in [5.74, 6) is 0. The summed E-state index contributed by atoms with van der Waals surface area (Å²) in [5.41, 5.74) is 2.55. The van der Waals surface area contributed by atoms with Crippen molar-refractivity contribution in [3.8, 4) is 11.1 Å². The smallest absolute Gasteiger partial charge is 0.222 e. The van der Waals surface area contributed by atoms with Crippen molar-refractivity contribution in [2.45, 2.75) is 0 Å². The Morgan fingerprint density at radius 3 is 1.05 bits per heavy atom. The minimum Gasteiger partial charge on any atom is -0.222 e. The van der Waals surface area contributed by atoms with Gasteiger partial charge in [0.2, 0.25) is 12.2 Å². The first kappa shape index (κ1) is 19.3. The normalized spacial score (nSPS) is 6.80. The molecule has 0 unspecified atom stereocenters. The van der Waals surface area contributed by atoms with Crippen LogP contribution in [0.2, 0.25) is 0 Å². The fraction of sp³-hybridized carbons (Fsp3) is 0. The van der Waals surface area contributed by atoms with E-state index in [4.69, 9.17) is 20.4 Å². The highest BCUT2D eigenvalue weighted by molar-refractivity contribution is 5.62. The molecule has 4 nitrogen and oxygen atoms in total. The molecule has 2 N–H and O–H groups in total. The zero-order chi connectivity index (χ0) is 15.6. The summed E-state index contributed by atoms with van der Waals surface area (Å²) >= 11 is 0. The summed E-state index contributed by atoms with van der Waals surface area (Å²) in [6, 6.07) is 20.8. The van der Waals surface area contributed by atoms with Crippen LogP contribution in [0.15, 0.2) is 73.8 Å². The molecule has 2 aromatic rings. The minimum absolute atomic E-state index is 0.750. The average Bonchev–Trinajstić information content (AvgIpc) is 2.53. The molecule has 4 heteroatoms. The highest BCUT2D eigenvalue weighted by Crippen LogP contribution is 2.17. The van der Waals surface area contributed by atoms with E-state index in [0.717, 1.165) is 12.2 Å². The van der Waals surface area contributed by atoms with Gasteiger partial charge >= 0.3 is 0 Å². The molecular weight excluding hydrogens is 252 g/mol. The first-order valence-electron chi connectivity index (χ1n) is 5.48. The maximum atomic E-state index is 8.35. The molecular formula is C16H16N2O2. The average molecular weight is 268 g/mol. The maximum absolute atomic E-state index is 8.35. The van der Waals surface area contributed by atoms with Crippen LogP contribution < -0.4 is 0 Å². The van der Waals surface area contributed by atoms with Gasteiger partial charge in [0.15, 0.2) is 0 Å². The van der Waals surface area contributed by atoms with Crippen molar-refractivity contribution < 1.29 is 9.59 Å². The molecule has 2 aromatic carbocycles. The van der Waals surface area contributed by atoms with Gasteiger partial charge in [0.25, 0.3) is 0 Å². The highest BCUT2D eigenvalue weighted by atomic mass is 16.1. The van der Waals surface area contributed by atoms with Gasteiger partial charge < -0.3 is 0 Å². The van der Waals surface area contributed by atoms with Gasteiger partial charge in [0.1, 0.15) is 0 Å². The summed E-state index contributed by atoms with van der Waals surface area (Å²) in [6.07, 6.45) is 1.50. The molecule has 0 saturated carbocycles. The maximum Gasteiger partial charge on any atom is 0.231 e. The van der Waals surface area contributed by atoms with E-state index in [2.05, 4.69) is 61.7 Å². The van der Waals surface area contributed by atoms with Crippen molar-refractivity contribution in [3.63, 3.8) is 0 Å². The predicted molar refractivity (Wildman–Crippen MR) is 80.0 cm³/mol. The lowest BCUT2D eigenvalue weighted by molar-refractivity contribution is 0.562. The van der Waals surface area contributed by atoms with E-state index in [1.807, 2.05) is 12.1 Å². The molecule has 0 bridgehead atoms. The summed E-state index contributed by atoms with van der Waals surface area (Å²) in [6.45, 7) is 6.00. The SMILES string of the molecule is C=C.N=C=O.N=C=O.c1ccc(-c2ccccc2)cc1. The lowest BCUT2D eigenvalue weighted by atomic mass is 10.1. The minimum atomic E-state index is 0.750. The predicted octanol–water partition coefficient (Wildman–Crippen LogP) is 3.96. The third-order valence-electron chi connectivity index (χ3n) is 1.88. The van der Waals surface area contributed by atoms with Crippen LogP contribution in [0.3, 0.4) is 0 Å². The Morgan fingerprint density at radius 1 is 0.650 bits per heavy atom. The van der Waals surface area contributed by atoms with Gasteiger partial charge in [-0.3, -0.25) is 0 Å². The van der Waals surface area contributed by atoms with Gasteiger partial charge in [-0.05, 0) is 11.1 Å². The van der Waals surface area contributed by atoms with Gasteiger partial charge in [-0.2, -0.15) is 0 Å². The fourth-order valence-electron chi connectivity index (χ4n) is 1.26. The number of benzene rings is 2. The topological polar surface area (TPSA) is 81.8 Å². The van der Waals surface area contributed by atoms with Crippen molar-refractivity contribution in [1.82, 2.24) is 0 Å². The Morgan fingerprint density at radius 2 is 0.850 bits per heavy atom. The second kappa shape index (κ2) is 15.9. The quantitative estimate of drug-likeness (QED) is 0.466. The molecule has 0 aliphatic carbocycles. The molecule has 0 saturated heterocycles. The number of hydrogen-bond acceptors (Lipinski definition) is 4. The third kappa shape index (κ3) is 10.1. The third-order valence-corrected chi connectivity index (χ3v) is 1.88. The van der Waals surface area contributed by atoms with E-state index in [0.29, 0.717) is 0 Å². The Bertz CT molecular complexity index is 463. The second-order valence-corrected chi connectivity index (χ2v) is 2.94. The summed E-state index contributed by atoms with van der Waals surface area (Å²) in [7, 11) is 0. The van der Waals surface area contributed by atoms with Crippen molar-refractivity contribution >= 4 is 12.2 Å². The van der Waals surface area contributed by atoms with Crippen molar-refractivity contribution in [3.05, 3.63) is 73.8 Å². The number of nitrogens with one attached hydrogen (secondary N) is 2. The van der Waals surface area contributed by atoms with Crippen LogP contribution >= 0.6 is 0 Å². The van der Waals surface area contributed by atoms with E-state index in [-0.39, 0.29) is 0 Å². The lowest BCUT2D eigenvalue weighted by Gasteiger charge is -1.98. The Kier molecular flexibility index (Phi) is 15.4. The van der Waals surface area contributed by atoms with E-state index >= 15 is 0 Å². The van der Waals surface area contributed by atoms with Gasteiger partial charge in [-0.25, -0.2) is 20.4 Å². The Labute approximate surface area is 118 Å². The van der Waals surface area contributed by atoms with Crippen LogP contribution in [0, 0.1) is 10.8 Å². The lowest BCUT2D eigenvalue weighted by Crippen LogP contribution is -1.73. The van der Waals surface area contributed by atoms with Crippen molar-refractivity contribution in [2.24, 2.45) is 0 Å². The highest BCUT2D eigenvalue weighted by Gasteiger charge is 1.91. The molecule has 20 heavy (non-hydrogen) atoms. The molecule has 2 rings (SSSR count). The van der Waals surface area contributed by atoms with Gasteiger partial charge in [0.05, 0.1) is 0 Å². The molecule has 0 amide bonds. The fourth-order valence-corrected chi connectivity index (χ4v) is 1.26. The van der Waals surface area contributed by atoms with Crippen LogP contribution in [-0.4, -0.2) is 12.2 Å². The number of hydrogen-bond donors (Lipinski definition) is 2. The molecule has 0 heterocycles. The van der Waals surface area contributed by atoms with Gasteiger partial charge in [-0.1, -0.05) is 60.7 Å². The standard InChI is InChI=1S/C12H10.C2H4.2CHNO/c1-3-7-11(8-4-1)12-9-5-2-6-10-12;1-2;2*2-1-3/h1-10H;1-2H2;2*2H. The monoisotopic (exact) mass is 268 g/mol. The van der Waals surface area contributed by atoms with Crippen LogP contribution in [0.25, 0.3) is 11.1 Å². The molecule has 0 aliphatic heterocycles. The Hall–Kier alpha value is -3.06. The van der Waals surface area contributed by atoms with Gasteiger partial charge in [0, 0.05) is 0 Å². The van der Waals surface area contributed by atoms with Crippen LogP contribution in [0.1, 0.15) is 0 Å². The van der Waals surface area contributed by atoms with Gasteiger partial charge in [-0.15, -0.1) is 13.2 Å². The van der Waals surface area contributed by atoms with Crippen molar-refractivity contribution in [1.29, 1.82) is 10.8 Å². The first-order chi connectivity index (χ1) is 9.79.